The molecule has 0 saturated heterocycles. The van der Waals surface area contributed by atoms with Gasteiger partial charge in [0.05, 0.1) is 23.2 Å². The summed E-state index contributed by atoms with van der Waals surface area (Å²) in [5.74, 6) is 0.480. The van der Waals surface area contributed by atoms with Crippen LogP contribution in [0.1, 0.15) is 57.5 Å². The Bertz CT molecular complexity index is 1090. The number of hydrazone groups is 1. The third-order valence-electron chi connectivity index (χ3n) is 5.43. The van der Waals surface area contributed by atoms with Gasteiger partial charge in [-0.25, -0.2) is 4.98 Å². The molecule has 0 amide bonds. The van der Waals surface area contributed by atoms with Crippen molar-refractivity contribution in [2.24, 2.45) is 5.10 Å². The Morgan fingerprint density at radius 2 is 1.88 bits per heavy atom. The Morgan fingerprint density at radius 1 is 1.15 bits per heavy atom. The number of anilines is 2. The molecule has 3 aromatic rings. The molecule has 7 nitrogen and oxygen atoms in total. The van der Waals surface area contributed by atoms with Gasteiger partial charge in [0.2, 0.25) is 5.88 Å². The molecule has 0 bridgehead atoms. The predicted octanol–water partition coefficient (Wildman–Crippen LogP) is 5.40. The summed E-state index contributed by atoms with van der Waals surface area (Å²) in [4.78, 5) is 10.3. The molecule has 0 spiro atoms. The van der Waals surface area contributed by atoms with E-state index in [1.165, 1.54) is 16.6 Å². The Morgan fingerprint density at radius 3 is 2.55 bits per heavy atom. The van der Waals surface area contributed by atoms with Gasteiger partial charge in [-0.3, -0.25) is 5.43 Å². The molecule has 0 fully saturated rings. The van der Waals surface area contributed by atoms with E-state index in [1.807, 2.05) is 18.2 Å². The van der Waals surface area contributed by atoms with Crippen molar-refractivity contribution in [3.8, 4) is 5.88 Å². The van der Waals surface area contributed by atoms with Crippen LogP contribution >= 0.6 is 0 Å². The zero-order chi connectivity index (χ0) is 24.0. The molecule has 2 aromatic heterocycles. The van der Waals surface area contributed by atoms with Crippen LogP contribution in [0.5, 0.6) is 5.88 Å². The van der Waals surface area contributed by atoms with Crippen molar-refractivity contribution in [2.45, 2.75) is 60.0 Å². The zero-order valence-corrected chi connectivity index (χ0v) is 20.7. The molecule has 0 aliphatic carbocycles. The predicted molar refractivity (Wildman–Crippen MR) is 138 cm³/mol. The lowest BCUT2D eigenvalue weighted by Gasteiger charge is -2.25. The van der Waals surface area contributed by atoms with Crippen molar-refractivity contribution >= 4 is 28.5 Å². The molecular formula is C26H37N5O2. The third-order valence-corrected chi connectivity index (χ3v) is 5.43. The van der Waals surface area contributed by atoms with Gasteiger partial charge in [-0.15, -0.1) is 0 Å². The second kappa shape index (κ2) is 10.7. The number of nitrogens with zero attached hydrogens (tertiary/aromatic N) is 3. The lowest BCUT2D eigenvalue weighted by molar-refractivity contribution is 0.0268. The lowest BCUT2D eigenvalue weighted by atomic mass is 10.1. The molecule has 33 heavy (non-hydrogen) atoms. The number of ether oxygens (including phenoxy) is 1. The summed E-state index contributed by atoms with van der Waals surface area (Å²) >= 11 is 0. The molecule has 0 atom stereocenters. The minimum atomic E-state index is -0.937. The van der Waals surface area contributed by atoms with E-state index >= 15 is 0 Å². The molecule has 2 heterocycles. The maximum absolute atomic E-state index is 10.1. The van der Waals surface area contributed by atoms with Gasteiger partial charge in [0, 0.05) is 41.4 Å². The topological polar surface area (TPSA) is 85.8 Å². The van der Waals surface area contributed by atoms with Gasteiger partial charge in [-0.05, 0) is 70.4 Å². The first kappa shape index (κ1) is 24.6. The van der Waals surface area contributed by atoms with Crippen LogP contribution in [-0.4, -0.2) is 46.6 Å². The molecular weight excluding hydrogens is 414 g/mol. The molecule has 0 aliphatic heterocycles. The minimum Gasteiger partial charge on any atom is -0.475 e. The van der Waals surface area contributed by atoms with Crippen LogP contribution in [0.15, 0.2) is 35.4 Å². The summed E-state index contributed by atoms with van der Waals surface area (Å²) in [5, 5.41) is 15.7. The van der Waals surface area contributed by atoms with Gasteiger partial charge in [0.25, 0.3) is 0 Å². The van der Waals surface area contributed by atoms with E-state index in [0.717, 1.165) is 42.8 Å². The monoisotopic (exact) mass is 451 g/mol. The Balaban J connectivity index is 1.84. The lowest BCUT2D eigenvalue weighted by Crippen LogP contribution is -2.28. The van der Waals surface area contributed by atoms with E-state index in [1.54, 1.807) is 20.1 Å². The number of nitrogens with one attached hydrogen (secondary N) is 2. The number of aryl methyl sites for hydroxylation is 2. The largest absolute Gasteiger partial charge is 0.475 e. The molecule has 0 unspecified atom stereocenters. The highest BCUT2D eigenvalue weighted by Crippen LogP contribution is 2.25. The summed E-state index contributed by atoms with van der Waals surface area (Å²) in [6, 6.07) is 10.1. The average Bonchev–Trinajstić information content (AvgIpc) is 3.05. The van der Waals surface area contributed by atoms with Gasteiger partial charge >= 0.3 is 0 Å². The van der Waals surface area contributed by atoms with Crippen molar-refractivity contribution in [2.75, 3.05) is 30.0 Å². The number of hydrogen-bond donors (Lipinski definition) is 3. The van der Waals surface area contributed by atoms with Crippen molar-refractivity contribution in [3.63, 3.8) is 0 Å². The zero-order valence-electron chi connectivity index (χ0n) is 20.7. The molecule has 1 aromatic carbocycles. The minimum absolute atomic E-state index is 0.162. The molecule has 178 valence electrons. The summed E-state index contributed by atoms with van der Waals surface area (Å²) < 4.78 is 5.81. The molecule has 0 saturated carbocycles. The summed E-state index contributed by atoms with van der Waals surface area (Å²) in [6.07, 6.45) is 3.80. The van der Waals surface area contributed by atoms with Gasteiger partial charge < -0.3 is 19.7 Å². The van der Waals surface area contributed by atoms with Crippen molar-refractivity contribution in [1.29, 1.82) is 0 Å². The molecule has 0 aliphatic rings. The third kappa shape index (κ3) is 6.71. The molecule has 3 N–H and O–H groups in total. The van der Waals surface area contributed by atoms with E-state index in [9.17, 15) is 5.11 Å². The number of benzene rings is 1. The van der Waals surface area contributed by atoms with Gasteiger partial charge in [0.1, 0.15) is 6.61 Å². The normalized spacial score (nSPS) is 12.0. The van der Waals surface area contributed by atoms with Crippen LogP contribution in [0.25, 0.3) is 10.9 Å². The summed E-state index contributed by atoms with van der Waals surface area (Å²) in [7, 11) is 0. The van der Waals surface area contributed by atoms with Gasteiger partial charge in [-0.2, -0.15) is 5.10 Å². The molecule has 3 rings (SSSR count). The van der Waals surface area contributed by atoms with E-state index < -0.39 is 5.60 Å². The first-order valence-electron chi connectivity index (χ1n) is 11.7. The van der Waals surface area contributed by atoms with Crippen LogP contribution < -0.4 is 15.1 Å². The highest BCUT2D eigenvalue weighted by molar-refractivity contribution is 5.87. The van der Waals surface area contributed by atoms with Crippen molar-refractivity contribution in [3.05, 3.63) is 47.3 Å². The van der Waals surface area contributed by atoms with Gasteiger partial charge in [-0.1, -0.05) is 13.8 Å². The molecule has 7 heteroatoms. The number of pyridine rings is 1. The number of H-pyrrole nitrogens is 1. The fourth-order valence-electron chi connectivity index (χ4n) is 3.70. The van der Waals surface area contributed by atoms with Crippen LogP contribution in [0.4, 0.5) is 11.4 Å². The average molecular weight is 452 g/mol. The Hall–Kier alpha value is -3.06. The van der Waals surface area contributed by atoms with Crippen molar-refractivity contribution in [1.82, 2.24) is 9.97 Å². The highest BCUT2D eigenvalue weighted by Gasteiger charge is 2.15. The number of fused-ring (bicyclic) bond motifs is 1. The molecule has 0 radical (unpaired) electrons. The van der Waals surface area contributed by atoms with Crippen LogP contribution in [-0.2, 0) is 0 Å². The van der Waals surface area contributed by atoms with Crippen LogP contribution in [0.3, 0.4) is 0 Å². The van der Waals surface area contributed by atoms with Crippen LogP contribution in [0, 0.1) is 13.8 Å². The Labute approximate surface area is 196 Å². The number of aliphatic hydroxyl groups is 1. The SMILES string of the molecule is CCCN(CCC)c1cc(/C=N/Nc2ccc3[nH]c(C)c(C)c3c2)nc(OCC(C)(C)O)c1. The van der Waals surface area contributed by atoms with E-state index in [0.29, 0.717) is 11.6 Å². The standard InChI is InChI=1S/C26H37N5O2/c1-7-11-31(12-8-2)22-13-21(29-25(15-22)33-17-26(5,6)32)16-27-30-20-9-10-24-23(14-20)18(3)19(4)28-24/h9-10,13-16,28,30,32H,7-8,11-12,17H2,1-6H3/b27-16+. The summed E-state index contributed by atoms with van der Waals surface area (Å²) in [5.41, 5.74) is 8.36. The second-order valence-electron chi connectivity index (χ2n) is 9.18. The fraction of sp³-hybridized carbons (Fsp3) is 0.462. The summed E-state index contributed by atoms with van der Waals surface area (Å²) in [6.45, 7) is 14.0. The second-order valence-corrected chi connectivity index (χ2v) is 9.18. The van der Waals surface area contributed by atoms with E-state index in [-0.39, 0.29) is 6.61 Å². The van der Waals surface area contributed by atoms with Crippen molar-refractivity contribution < 1.29 is 9.84 Å². The van der Waals surface area contributed by atoms with Gasteiger partial charge in [0.15, 0.2) is 0 Å². The highest BCUT2D eigenvalue weighted by atomic mass is 16.5. The van der Waals surface area contributed by atoms with Crippen LogP contribution in [0.2, 0.25) is 0 Å². The smallest absolute Gasteiger partial charge is 0.216 e. The first-order valence-corrected chi connectivity index (χ1v) is 11.7. The number of hydrogen-bond acceptors (Lipinski definition) is 6. The van der Waals surface area contributed by atoms with E-state index in [4.69, 9.17) is 4.74 Å². The Kier molecular flexibility index (Phi) is 7.97. The number of aromatic nitrogens is 2. The number of rotatable bonds is 11. The number of aromatic amines is 1. The van der Waals surface area contributed by atoms with E-state index in [2.05, 4.69) is 65.2 Å². The maximum atomic E-state index is 10.1. The first-order chi connectivity index (χ1) is 15.7. The quantitative estimate of drug-likeness (QED) is 0.268. The maximum Gasteiger partial charge on any atom is 0.216 e. The fourth-order valence-corrected chi connectivity index (χ4v) is 3.70.